The average molecular weight is 421 g/mol. The number of carbonyl (C=O) groups is 1. The highest BCUT2D eigenvalue weighted by Gasteiger charge is 2.17. The molecule has 1 N–H and O–H groups in total. The van der Waals surface area contributed by atoms with Crippen molar-refractivity contribution in [2.45, 2.75) is 26.3 Å². The van der Waals surface area contributed by atoms with E-state index in [1.54, 1.807) is 31.4 Å². The molecular formula is C21H28N2O5S. The maximum atomic E-state index is 12.2. The summed E-state index contributed by atoms with van der Waals surface area (Å²) in [7, 11) is -1.88. The Morgan fingerprint density at radius 1 is 1.10 bits per heavy atom. The van der Waals surface area contributed by atoms with Gasteiger partial charge in [-0.15, -0.1) is 0 Å². The molecule has 0 aromatic heterocycles. The lowest BCUT2D eigenvalue weighted by Crippen LogP contribution is -2.32. The van der Waals surface area contributed by atoms with Crippen molar-refractivity contribution in [1.29, 1.82) is 0 Å². The van der Waals surface area contributed by atoms with Gasteiger partial charge >= 0.3 is 0 Å². The van der Waals surface area contributed by atoms with E-state index in [0.29, 0.717) is 36.8 Å². The third-order valence-corrected chi connectivity index (χ3v) is 5.46. The molecule has 29 heavy (non-hydrogen) atoms. The van der Waals surface area contributed by atoms with Gasteiger partial charge in [0.15, 0.2) is 0 Å². The highest BCUT2D eigenvalue weighted by Crippen LogP contribution is 2.22. The molecule has 0 unspecified atom stereocenters. The fourth-order valence-electron chi connectivity index (χ4n) is 2.88. The number of nitrogens with zero attached hydrogens (tertiary/aromatic N) is 1. The monoisotopic (exact) mass is 420 g/mol. The smallest absolute Gasteiger partial charge is 0.232 e. The minimum Gasteiger partial charge on any atom is -0.496 e. The van der Waals surface area contributed by atoms with Crippen molar-refractivity contribution in [3.63, 3.8) is 0 Å². The van der Waals surface area contributed by atoms with Crippen LogP contribution in [-0.2, 0) is 21.4 Å². The highest BCUT2D eigenvalue weighted by molar-refractivity contribution is 7.92. The van der Waals surface area contributed by atoms with Crippen LogP contribution in [0.5, 0.6) is 11.5 Å². The van der Waals surface area contributed by atoms with Gasteiger partial charge in [0.1, 0.15) is 11.5 Å². The summed E-state index contributed by atoms with van der Waals surface area (Å²) in [4.78, 5) is 12.2. The minimum absolute atomic E-state index is 0.143. The van der Waals surface area contributed by atoms with E-state index in [9.17, 15) is 13.2 Å². The number of rotatable bonds is 11. The summed E-state index contributed by atoms with van der Waals surface area (Å²) < 4.78 is 36.3. The summed E-state index contributed by atoms with van der Waals surface area (Å²) in [5.41, 5.74) is 1.43. The van der Waals surface area contributed by atoms with Gasteiger partial charge in [0.25, 0.3) is 0 Å². The van der Waals surface area contributed by atoms with E-state index in [-0.39, 0.29) is 18.9 Å². The van der Waals surface area contributed by atoms with Crippen molar-refractivity contribution < 1.29 is 22.7 Å². The molecule has 0 aliphatic carbocycles. The van der Waals surface area contributed by atoms with Gasteiger partial charge in [-0.1, -0.05) is 18.2 Å². The van der Waals surface area contributed by atoms with Crippen LogP contribution in [0.2, 0.25) is 0 Å². The summed E-state index contributed by atoms with van der Waals surface area (Å²) in [6.45, 7) is 3.00. The standard InChI is InChI=1S/C21H28N2O5S/c1-4-28-19-13-11-18(12-14-19)23(29(3,25)26)15-7-10-21(24)22-16-17-8-5-6-9-20(17)27-2/h5-6,8-9,11-14H,4,7,10,15-16H2,1-3H3,(H,22,24). The molecule has 8 heteroatoms. The molecule has 0 saturated heterocycles. The number of para-hydroxylation sites is 1. The second-order valence-corrected chi connectivity index (χ2v) is 8.36. The van der Waals surface area contributed by atoms with Gasteiger partial charge < -0.3 is 14.8 Å². The fourth-order valence-corrected chi connectivity index (χ4v) is 3.84. The Morgan fingerprint density at radius 2 is 1.79 bits per heavy atom. The molecule has 0 aliphatic heterocycles. The maximum Gasteiger partial charge on any atom is 0.232 e. The summed E-state index contributed by atoms with van der Waals surface area (Å²) in [6.07, 6.45) is 1.78. The number of hydrogen-bond donors (Lipinski definition) is 1. The predicted molar refractivity (Wildman–Crippen MR) is 114 cm³/mol. The number of carbonyl (C=O) groups excluding carboxylic acids is 1. The predicted octanol–water partition coefficient (Wildman–Crippen LogP) is 2.96. The molecule has 0 fully saturated rings. The summed E-state index contributed by atoms with van der Waals surface area (Å²) in [6, 6.07) is 14.3. The van der Waals surface area contributed by atoms with Crippen LogP contribution < -0.4 is 19.1 Å². The number of sulfonamides is 1. The van der Waals surface area contributed by atoms with Crippen LogP contribution in [0.3, 0.4) is 0 Å². The first-order valence-corrected chi connectivity index (χ1v) is 11.3. The molecular weight excluding hydrogens is 392 g/mol. The van der Waals surface area contributed by atoms with Gasteiger partial charge in [0.2, 0.25) is 15.9 Å². The summed E-state index contributed by atoms with van der Waals surface area (Å²) in [5.74, 6) is 1.25. The van der Waals surface area contributed by atoms with Gasteiger partial charge in [0, 0.05) is 25.1 Å². The lowest BCUT2D eigenvalue weighted by Gasteiger charge is -2.22. The number of amides is 1. The number of methoxy groups -OCH3 is 1. The van der Waals surface area contributed by atoms with Crippen molar-refractivity contribution in [1.82, 2.24) is 5.32 Å². The number of anilines is 1. The van der Waals surface area contributed by atoms with E-state index in [4.69, 9.17) is 9.47 Å². The SMILES string of the molecule is CCOc1ccc(N(CCCC(=O)NCc2ccccc2OC)S(C)(=O)=O)cc1. The third-order valence-electron chi connectivity index (χ3n) is 4.27. The second kappa shape index (κ2) is 10.7. The molecule has 158 valence electrons. The van der Waals surface area contributed by atoms with Crippen LogP contribution in [-0.4, -0.2) is 40.8 Å². The van der Waals surface area contributed by atoms with Gasteiger partial charge in [-0.25, -0.2) is 8.42 Å². The van der Waals surface area contributed by atoms with Crippen LogP contribution in [0.25, 0.3) is 0 Å². The number of nitrogens with one attached hydrogen (secondary N) is 1. The largest absolute Gasteiger partial charge is 0.496 e. The fraction of sp³-hybridized carbons (Fsp3) is 0.381. The molecule has 0 spiro atoms. The number of benzene rings is 2. The van der Waals surface area contributed by atoms with E-state index in [1.165, 1.54) is 4.31 Å². The lowest BCUT2D eigenvalue weighted by atomic mass is 10.2. The quantitative estimate of drug-likeness (QED) is 0.604. The normalized spacial score (nSPS) is 11.0. The maximum absolute atomic E-state index is 12.2. The molecule has 0 aliphatic rings. The van der Waals surface area contributed by atoms with E-state index in [2.05, 4.69) is 5.32 Å². The number of hydrogen-bond acceptors (Lipinski definition) is 5. The third kappa shape index (κ3) is 6.98. The zero-order chi connectivity index (χ0) is 21.3. The van der Waals surface area contributed by atoms with Crippen LogP contribution >= 0.6 is 0 Å². The van der Waals surface area contributed by atoms with E-state index >= 15 is 0 Å². The molecule has 7 nitrogen and oxygen atoms in total. The zero-order valence-corrected chi connectivity index (χ0v) is 17.9. The first-order chi connectivity index (χ1) is 13.8. The van der Waals surface area contributed by atoms with Gasteiger partial charge in [-0.05, 0) is 43.7 Å². The van der Waals surface area contributed by atoms with Crippen molar-refractivity contribution in [2.75, 3.05) is 30.8 Å². The van der Waals surface area contributed by atoms with E-state index in [0.717, 1.165) is 11.8 Å². The molecule has 0 atom stereocenters. The second-order valence-electron chi connectivity index (χ2n) is 6.45. The van der Waals surface area contributed by atoms with Crippen molar-refractivity contribution >= 4 is 21.6 Å². The Bertz CT molecular complexity index is 898. The Kier molecular flexibility index (Phi) is 8.33. The van der Waals surface area contributed by atoms with Gasteiger partial charge in [0.05, 0.1) is 25.7 Å². The topological polar surface area (TPSA) is 84.9 Å². The zero-order valence-electron chi connectivity index (χ0n) is 17.1. The molecule has 0 radical (unpaired) electrons. The van der Waals surface area contributed by atoms with Crippen LogP contribution in [0, 0.1) is 0 Å². The molecule has 0 bridgehead atoms. The minimum atomic E-state index is -3.46. The molecule has 2 rings (SSSR count). The first-order valence-electron chi connectivity index (χ1n) is 9.44. The molecule has 1 amide bonds. The average Bonchev–Trinajstić information content (AvgIpc) is 2.70. The van der Waals surface area contributed by atoms with Crippen molar-refractivity contribution in [3.05, 3.63) is 54.1 Å². The Hall–Kier alpha value is -2.74. The Balaban J connectivity index is 1.90. The van der Waals surface area contributed by atoms with Gasteiger partial charge in [-0.3, -0.25) is 9.10 Å². The molecule has 2 aromatic carbocycles. The lowest BCUT2D eigenvalue weighted by molar-refractivity contribution is -0.121. The van der Waals surface area contributed by atoms with Crippen molar-refractivity contribution in [3.8, 4) is 11.5 Å². The van der Waals surface area contributed by atoms with E-state index < -0.39 is 10.0 Å². The first kappa shape index (κ1) is 22.5. The molecule has 0 saturated carbocycles. The molecule has 0 heterocycles. The van der Waals surface area contributed by atoms with Crippen LogP contribution in [0.15, 0.2) is 48.5 Å². The summed E-state index contributed by atoms with van der Waals surface area (Å²) >= 11 is 0. The summed E-state index contributed by atoms with van der Waals surface area (Å²) in [5, 5.41) is 2.84. The van der Waals surface area contributed by atoms with Crippen LogP contribution in [0.1, 0.15) is 25.3 Å². The highest BCUT2D eigenvalue weighted by atomic mass is 32.2. The van der Waals surface area contributed by atoms with Crippen LogP contribution in [0.4, 0.5) is 5.69 Å². The Morgan fingerprint density at radius 3 is 2.41 bits per heavy atom. The molecule has 2 aromatic rings. The Labute approximate surface area is 172 Å². The van der Waals surface area contributed by atoms with Crippen molar-refractivity contribution in [2.24, 2.45) is 0 Å². The van der Waals surface area contributed by atoms with Gasteiger partial charge in [-0.2, -0.15) is 0 Å². The van der Waals surface area contributed by atoms with E-state index in [1.807, 2.05) is 31.2 Å². The number of ether oxygens (including phenoxy) is 2.